The molecule has 0 spiro atoms. The van der Waals surface area contributed by atoms with Crippen molar-refractivity contribution < 1.29 is 19.0 Å². The first kappa shape index (κ1) is 33.9. The van der Waals surface area contributed by atoms with E-state index < -0.39 is 5.60 Å². The summed E-state index contributed by atoms with van der Waals surface area (Å²) in [6.45, 7) is 13.5. The molecule has 0 saturated carbocycles. The van der Waals surface area contributed by atoms with E-state index in [-0.39, 0.29) is 18.2 Å². The van der Waals surface area contributed by atoms with Gasteiger partial charge in [0.2, 0.25) is 11.8 Å². The first-order chi connectivity index (χ1) is 22.5. The number of carbonyl (C=O) groups is 1. The molecule has 252 valence electrons. The number of nitrogens with zero attached hydrogens (tertiary/aromatic N) is 6. The van der Waals surface area contributed by atoms with Crippen LogP contribution in [0.4, 0.5) is 16.2 Å². The molecule has 12 heteroatoms. The lowest BCUT2D eigenvalue weighted by Crippen LogP contribution is -2.51. The Bertz CT molecular complexity index is 1670. The lowest BCUT2D eigenvalue weighted by molar-refractivity contribution is 0.0495. The van der Waals surface area contributed by atoms with Crippen LogP contribution in [0.2, 0.25) is 0 Å². The Hall–Kier alpha value is -4.45. The minimum atomic E-state index is -0.508. The average Bonchev–Trinajstić information content (AvgIpc) is 3.02. The van der Waals surface area contributed by atoms with Crippen molar-refractivity contribution >= 4 is 39.3 Å². The highest BCUT2D eigenvalue weighted by Gasteiger charge is 2.29. The summed E-state index contributed by atoms with van der Waals surface area (Å²) in [5.74, 6) is 2.10. The van der Waals surface area contributed by atoms with Gasteiger partial charge in [-0.15, -0.1) is 0 Å². The normalized spacial score (nSPS) is 21.5. The molecule has 2 saturated heterocycles. The van der Waals surface area contributed by atoms with Gasteiger partial charge in [0.25, 0.3) is 0 Å². The fourth-order valence-corrected chi connectivity index (χ4v) is 6.59. The first-order valence-corrected chi connectivity index (χ1v) is 16.3. The monoisotopic (exact) mass is 644 g/mol. The molecule has 2 aliphatic heterocycles. The van der Waals surface area contributed by atoms with Gasteiger partial charge in [-0.1, -0.05) is 13.8 Å². The number of hydrogen-bond donors (Lipinski definition) is 2. The van der Waals surface area contributed by atoms with Crippen LogP contribution in [0.1, 0.15) is 47.5 Å². The van der Waals surface area contributed by atoms with E-state index in [2.05, 4.69) is 55.0 Å². The molecule has 0 radical (unpaired) electrons. The van der Waals surface area contributed by atoms with E-state index in [1.54, 1.807) is 26.6 Å². The van der Waals surface area contributed by atoms with Crippen LogP contribution >= 0.6 is 0 Å². The maximum atomic E-state index is 12.2. The number of fused-ring (bicyclic) bond motifs is 2. The zero-order valence-corrected chi connectivity index (χ0v) is 28.6. The number of amides is 1. The van der Waals surface area contributed by atoms with Gasteiger partial charge in [0.15, 0.2) is 0 Å². The Kier molecular flexibility index (Phi) is 10.5. The molecule has 4 aromatic heterocycles. The van der Waals surface area contributed by atoms with Gasteiger partial charge in [0.05, 0.1) is 38.0 Å². The van der Waals surface area contributed by atoms with E-state index in [1.807, 2.05) is 51.4 Å². The van der Waals surface area contributed by atoms with E-state index in [0.29, 0.717) is 30.1 Å². The van der Waals surface area contributed by atoms with Crippen LogP contribution < -0.4 is 30.3 Å². The summed E-state index contributed by atoms with van der Waals surface area (Å²) in [7, 11) is 3.22. The topological polar surface area (TPSA) is 141 Å². The lowest BCUT2D eigenvalue weighted by Gasteiger charge is -2.38. The molecule has 1 amide bonds. The zero-order valence-electron chi connectivity index (χ0n) is 28.6. The second-order valence-electron chi connectivity index (χ2n) is 13.7. The quantitative estimate of drug-likeness (QED) is 0.297. The number of pyridine rings is 4. The third-order valence-corrected chi connectivity index (χ3v) is 8.32. The third kappa shape index (κ3) is 8.29. The van der Waals surface area contributed by atoms with Gasteiger partial charge < -0.3 is 35.1 Å². The fraction of sp³-hybridized carbons (Fsp3) is 0.514. The number of nitrogens with two attached hydrogens (primary N) is 1. The standard InChI is InChI=1S/C20H28N4O3.C15H20N4O/c1-13-9-14(23-19(25)27-20(2,3)4)12-24(11-13)16-10-22-18(26-5)17-15(16)7-6-8-21-17;1-10-6-11(16)9-19(8-10)13-7-18-15(20-2)14-12(13)4-3-5-17-14/h6-8,10,13-14H,9,11-12H2,1-5H3,(H,23,25);3-5,7,10-11H,6,8-9,16H2,1-2H3/t13-,14+;10-,11+/m00/s1. The number of nitrogens with one attached hydrogen (secondary N) is 1. The van der Waals surface area contributed by atoms with Crippen molar-refractivity contribution in [3.63, 3.8) is 0 Å². The Labute approximate surface area is 277 Å². The molecule has 4 atom stereocenters. The van der Waals surface area contributed by atoms with Crippen LogP contribution in [0, 0.1) is 11.8 Å². The summed E-state index contributed by atoms with van der Waals surface area (Å²) >= 11 is 0. The van der Waals surface area contributed by atoms with E-state index in [1.165, 1.54) is 0 Å². The van der Waals surface area contributed by atoms with Crippen molar-refractivity contribution in [3.8, 4) is 11.8 Å². The Balaban J connectivity index is 0.000000193. The molecular formula is C35H48N8O4. The van der Waals surface area contributed by atoms with Gasteiger partial charge in [-0.3, -0.25) is 9.97 Å². The highest BCUT2D eigenvalue weighted by Crippen LogP contribution is 2.34. The van der Waals surface area contributed by atoms with Gasteiger partial charge in [-0.25, -0.2) is 14.8 Å². The van der Waals surface area contributed by atoms with Crippen LogP contribution in [0.25, 0.3) is 21.8 Å². The van der Waals surface area contributed by atoms with Crippen molar-refractivity contribution in [2.75, 3.05) is 50.2 Å². The molecule has 0 aliphatic carbocycles. The first-order valence-electron chi connectivity index (χ1n) is 16.3. The molecular weight excluding hydrogens is 596 g/mol. The summed E-state index contributed by atoms with van der Waals surface area (Å²) in [5.41, 5.74) is 9.29. The highest BCUT2D eigenvalue weighted by atomic mass is 16.6. The number of carbonyl (C=O) groups excluding carboxylic acids is 1. The predicted octanol–water partition coefficient (Wildman–Crippen LogP) is 5.19. The van der Waals surface area contributed by atoms with Crippen LogP contribution in [-0.2, 0) is 4.74 Å². The molecule has 3 N–H and O–H groups in total. The number of rotatable bonds is 5. The molecule has 2 aliphatic rings. The summed E-state index contributed by atoms with van der Waals surface area (Å²) in [4.78, 5) is 34.4. The van der Waals surface area contributed by atoms with Crippen LogP contribution in [-0.4, -0.2) is 84.1 Å². The van der Waals surface area contributed by atoms with E-state index in [4.69, 9.17) is 19.9 Å². The molecule has 2 fully saturated rings. The minimum Gasteiger partial charge on any atom is -0.479 e. The Morgan fingerprint density at radius 1 is 0.809 bits per heavy atom. The number of methoxy groups -OCH3 is 2. The number of hydrogen-bond acceptors (Lipinski definition) is 11. The van der Waals surface area contributed by atoms with E-state index in [9.17, 15) is 4.79 Å². The van der Waals surface area contributed by atoms with Gasteiger partial charge in [0.1, 0.15) is 16.6 Å². The summed E-state index contributed by atoms with van der Waals surface area (Å²) in [6, 6.07) is 8.17. The maximum absolute atomic E-state index is 12.2. The van der Waals surface area contributed by atoms with Gasteiger partial charge in [-0.2, -0.15) is 0 Å². The summed E-state index contributed by atoms with van der Waals surface area (Å²) < 4.78 is 16.1. The minimum absolute atomic E-state index is 0.0115. The number of aromatic nitrogens is 4. The third-order valence-electron chi connectivity index (χ3n) is 8.32. The molecule has 4 aromatic rings. The molecule has 6 heterocycles. The molecule has 0 unspecified atom stereocenters. The number of alkyl carbamates (subject to hydrolysis) is 1. The van der Waals surface area contributed by atoms with Crippen LogP contribution in [0.5, 0.6) is 11.8 Å². The van der Waals surface area contributed by atoms with E-state index >= 15 is 0 Å². The van der Waals surface area contributed by atoms with Crippen LogP contribution in [0.3, 0.4) is 0 Å². The van der Waals surface area contributed by atoms with Gasteiger partial charge in [-0.05, 0) is 69.7 Å². The predicted molar refractivity (Wildman–Crippen MR) is 185 cm³/mol. The fourth-order valence-electron chi connectivity index (χ4n) is 6.59. The SMILES string of the molecule is COc1ncc(N2C[C@@H](C)C[C@@H](N)C2)c2cccnc12.COc1ncc(N2C[C@@H](C)C[C@@H](NC(=O)OC(C)(C)C)C2)c2cccnc12. The van der Waals surface area contributed by atoms with Crippen molar-refractivity contribution in [2.45, 2.75) is 65.1 Å². The number of piperidine rings is 2. The molecule has 0 aromatic carbocycles. The number of anilines is 2. The van der Waals surface area contributed by atoms with Gasteiger partial charge in [0, 0.05) is 61.4 Å². The zero-order chi connectivity index (χ0) is 33.7. The highest BCUT2D eigenvalue weighted by molar-refractivity contribution is 5.95. The second kappa shape index (κ2) is 14.5. The van der Waals surface area contributed by atoms with Crippen molar-refractivity contribution in [1.29, 1.82) is 0 Å². The summed E-state index contributed by atoms with van der Waals surface area (Å²) in [5, 5.41) is 5.08. The van der Waals surface area contributed by atoms with Gasteiger partial charge >= 0.3 is 6.09 Å². The lowest BCUT2D eigenvalue weighted by atomic mass is 9.95. The average molecular weight is 645 g/mol. The number of ether oxygens (including phenoxy) is 3. The molecule has 12 nitrogen and oxygen atoms in total. The molecule has 47 heavy (non-hydrogen) atoms. The molecule has 0 bridgehead atoms. The van der Waals surface area contributed by atoms with Crippen molar-refractivity contribution in [3.05, 3.63) is 49.1 Å². The second-order valence-corrected chi connectivity index (χ2v) is 13.7. The maximum Gasteiger partial charge on any atom is 0.407 e. The molecule has 6 rings (SSSR count). The van der Waals surface area contributed by atoms with Crippen LogP contribution in [0.15, 0.2) is 49.1 Å². The Morgan fingerprint density at radius 3 is 1.81 bits per heavy atom. The van der Waals surface area contributed by atoms with Crippen molar-refractivity contribution in [2.24, 2.45) is 17.6 Å². The van der Waals surface area contributed by atoms with E-state index in [0.717, 1.165) is 65.7 Å². The Morgan fingerprint density at radius 2 is 1.32 bits per heavy atom. The largest absolute Gasteiger partial charge is 0.479 e. The van der Waals surface area contributed by atoms with Crippen molar-refractivity contribution in [1.82, 2.24) is 25.3 Å². The summed E-state index contributed by atoms with van der Waals surface area (Å²) in [6.07, 6.45) is 8.81. The smallest absolute Gasteiger partial charge is 0.407 e.